The number of fused-ring (bicyclic) bond motifs is 1. The van der Waals surface area contributed by atoms with Crippen LogP contribution in [0, 0.1) is 0 Å². The van der Waals surface area contributed by atoms with E-state index in [1.807, 2.05) is 6.07 Å². The predicted molar refractivity (Wildman–Crippen MR) is 56.9 cm³/mol. The average molecular weight is 206 g/mol. The lowest BCUT2D eigenvalue weighted by Gasteiger charge is -2.21. The Kier molecular flexibility index (Phi) is 2.62. The number of carbonyl (C=O) groups excluding carboxylic acids is 1. The van der Waals surface area contributed by atoms with Crippen LogP contribution in [0.1, 0.15) is 35.7 Å². The van der Waals surface area contributed by atoms with E-state index >= 15 is 0 Å². The van der Waals surface area contributed by atoms with Gasteiger partial charge in [-0.25, -0.2) is 0 Å². The maximum absolute atomic E-state index is 10.9. The second-order valence-corrected chi connectivity index (χ2v) is 3.90. The summed E-state index contributed by atoms with van der Waals surface area (Å²) in [4.78, 5) is 10.9. The van der Waals surface area contributed by atoms with E-state index in [4.69, 9.17) is 9.47 Å². The molecule has 1 aliphatic heterocycles. The van der Waals surface area contributed by atoms with Crippen molar-refractivity contribution < 1.29 is 14.3 Å². The monoisotopic (exact) mass is 206 g/mol. The summed E-state index contributed by atoms with van der Waals surface area (Å²) < 4.78 is 10.9. The summed E-state index contributed by atoms with van der Waals surface area (Å²) in [5, 5.41) is 0. The Labute approximate surface area is 89.0 Å². The van der Waals surface area contributed by atoms with E-state index in [9.17, 15) is 4.79 Å². The minimum atomic E-state index is 0.307. The van der Waals surface area contributed by atoms with Crippen LogP contribution in [0.4, 0.5) is 0 Å². The van der Waals surface area contributed by atoms with E-state index in [0.717, 1.165) is 17.6 Å². The highest BCUT2D eigenvalue weighted by atomic mass is 16.6. The zero-order valence-electron chi connectivity index (χ0n) is 8.95. The summed E-state index contributed by atoms with van der Waals surface area (Å²) >= 11 is 0. The molecule has 0 N–H and O–H groups in total. The first-order valence-corrected chi connectivity index (χ1v) is 5.11. The number of hydrogen-bond donors (Lipinski definition) is 0. The molecule has 0 bridgehead atoms. The van der Waals surface area contributed by atoms with Gasteiger partial charge in [0.15, 0.2) is 11.5 Å². The quantitative estimate of drug-likeness (QED) is 0.697. The molecule has 3 heteroatoms. The van der Waals surface area contributed by atoms with Gasteiger partial charge in [0, 0.05) is 5.56 Å². The molecule has 0 saturated heterocycles. The minimum Gasteiger partial charge on any atom is -0.486 e. The highest BCUT2D eigenvalue weighted by molar-refractivity contribution is 5.79. The van der Waals surface area contributed by atoms with Crippen molar-refractivity contribution in [3.8, 4) is 11.5 Å². The zero-order valence-corrected chi connectivity index (χ0v) is 8.95. The molecule has 0 saturated carbocycles. The van der Waals surface area contributed by atoms with E-state index in [1.54, 1.807) is 6.07 Å². The first-order valence-electron chi connectivity index (χ1n) is 5.11. The molecule has 0 amide bonds. The van der Waals surface area contributed by atoms with Crippen LogP contribution < -0.4 is 9.47 Å². The lowest BCUT2D eigenvalue weighted by atomic mass is 9.97. The predicted octanol–water partition coefficient (Wildman–Crippen LogP) is 2.39. The first-order chi connectivity index (χ1) is 7.22. The molecular formula is C12H14O3. The van der Waals surface area contributed by atoms with Gasteiger partial charge in [-0.2, -0.15) is 0 Å². The molecule has 0 radical (unpaired) electrons. The van der Waals surface area contributed by atoms with Crippen molar-refractivity contribution in [1.82, 2.24) is 0 Å². The molecule has 0 aliphatic carbocycles. The average Bonchev–Trinajstić information content (AvgIpc) is 2.27. The number of benzene rings is 1. The van der Waals surface area contributed by atoms with Gasteiger partial charge >= 0.3 is 0 Å². The number of ether oxygens (including phenoxy) is 2. The van der Waals surface area contributed by atoms with Gasteiger partial charge in [0.2, 0.25) is 0 Å². The lowest BCUT2D eigenvalue weighted by molar-refractivity contribution is 0.112. The van der Waals surface area contributed by atoms with Gasteiger partial charge in [0.25, 0.3) is 0 Å². The van der Waals surface area contributed by atoms with Crippen molar-refractivity contribution in [3.05, 3.63) is 23.3 Å². The second-order valence-electron chi connectivity index (χ2n) is 3.90. The molecule has 1 aliphatic rings. The standard InChI is InChI=1S/C12H14O3/c1-8(2)10-6-12-11(5-9(10)7-13)14-3-4-15-12/h5-8H,3-4H2,1-2H3. The van der Waals surface area contributed by atoms with E-state index in [1.165, 1.54) is 0 Å². The third-order valence-electron chi connectivity index (χ3n) is 2.50. The summed E-state index contributed by atoms with van der Waals surface area (Å²) in [6.07, 6.45) is 0.869. The summed E-state index contributed by atoms with van der Waals surface area (Å²) in [5.74, 6) is 1.73. The summed E-state index contributed by atoms with van der Waals surface area (Å²) in [6.45, 7) is 5.23. The molecule has 0 fully saturated rings. The molecule has 0 aromatic heterocycles. The van der Waals surface area contributed by atoms with Crippen molar-refractivity contribution in [2.45, 2.75) is 19.8 Å². The van der Waals surface area contributed by atoms with Crippen LogP contribution in [-0.2, 0) is 0 Å². The topological polar surface area (TPSA) is 35.5 Å². The molecule has 15 heavy (non-hydrogen) atoms. The van der Waals surface area contributed by atoms with Gasteiger partial charge in [0.1, 0.15) is 19.5 Å². The first kappa shape index (κ1) is 10.0. The lowest BCUT2D eigenvalue weighted by Crippen LogP contribution is -2.16. The van der Waals surface area contributed by atoms with Crippen molar-refractivity contribution in [2.75, 3.05) is 13.2 Å². The number of hydrogen-bond acceptors (Lipinski definition) is 3. The fraction of sp³-hybridized carbons (Fsp3) is 0.417. The molecule has 0 unspecified atom stereocenters. The van der Waals surface area contributed by atoms with Crippen LogP contribution >= 0.6 is 0 Å². The smallest absolute Gasteiger partial charge is 0.162 e. The van der Waals surface area contributed by atoms with Crippen LogP contribution in [0.5, 0.6) is 11.5 Å². The molecular weight excluding hydrogens is 192 g/mol. The number of carbonyl (C=O) groups is 1. The van der Waals surface area contributed by atoms with Crippen LogP contribution in [0.25, 0.3) is 0 Å². The highest BCUT2D eigenvalue weighted by Crippen LogP contribution is 2.35. The van der Waals surface area contributed by atoms with Gasteiger partial charge in [-0.3, -0.25) is 4.79 Å². The number of rotatable bonds is 2. The Morgan fingerprint density at radius 3 is 2.33 bits per heavy atom. The molecule has 80 valence electrons. The van der Waals surface area contributed by atoms with Gasteiger partial charge < -0.3 is 9.47 Å². The Bertz CT molecular complexity index is 383. The third-order valence-corrected chi connectivity index (χ3v) is 2.50. The zero-order chi connectivity index (χ0) is 10.8. The van der Waals surface area contributed by atoms with E-state index in [-0.39, 0.29) is 0 Å². The molecule has 0 spiro atoms. The second kappa shape index (κ2) is 3.93. The SMILES string of the molecule is CC(C)c1cc2c(cc1C=O)OCCO2. The Morgan fingerprint density at radius 2 is 1.80 bits per heavy atom. The fourth-order valence-corrected chi connectivity index (χ4v) is 1.72. The number of aldehydes is 1. The van der Waals surface area contributed by atoms with Crippen LogP contribution in [-0.4, -0.2) is 19.5 Å². The Balaban J connectivity index is 2.51. The molecule has 3 nitrogen and oxygen atoms in total. The maximum atomic E-state index is 10.9. The van der Waals surface area contributed by atoms with Crippen LogP contribution in [0.15, 0.2) is 12.1 Å². The molecule has 2 rings (SSSR count). The third kappa shape index (κ3) is 1.82. The molecule has 0 atom stereocenters. The van der Waals surface area contributed by atoms with E-state index in [2.05, 4.69) is 13.8 Å². The van der Waals surface area contributed by atoms with Crippen molar-refractivity contribution in [2.24, 2.45) is 0 Å². The van der Waals surface area contributed by atoms with E-state index in [0.29, 0.717) is 30.4 Å². The van der Waals surface area contributed by atoms with Gasteiger partial charge in [0.05, 0.1) is 0 Å². The summed E-state index contributed by atoms with van der Waals surface area (Å²) in [6, 6.07) is 3.67. The molecule has 1 aromatic rings. The van der Waals surface area contributed by atoms with Gasteiger partial charge in [-0.15, -0.1) is 0 Å². The van der Waals surface area contributed by atoms with E-state index < -0.39 is 0 Å². The normalized spacial score (nSPS) is 14.1. The Morgan fingerprint density at radius 1 is 1.20 bits per heavy atom. The van der Waals surface area contributed by atoms with Crippen molar-refractivity contribution in [1.29, 1.82) is 0 Å². The van der Waals surface area contributed by atoms with Crippen molar-refractivity contribution in [3.63, 3.8) is 0 Å². The Hall–Kier alpha value is -1.51. The van der Waals surface area contributed by atoms with Crippen molar-refractivity contribution >= 4 is 6.29 Å². The van der Waals surface area contributed by atoms with Gasteiger partial charge in [-0.05, 0) is 23.6 Å². The molecule has 1 aromatic carbocycles. The van der Waals surface area contributed by atoms with Crippen LogP contribution in [0.3, 0.4) is 0 Å². The van der Waals surface area contributed by atoms with Gasteiger partial charge in [-0.1, -0.05) is 13.8 Å². The highest BCUT2D eigenvalue weighted by Gasteiger charge is 2.16. The maximum Gasteiger partial charge on any atom is 0.162 e. The van der Waals surface area contributed by atoms with Crippen LogP contribution in [0.2, 0.25) is 0 Å². The molecule has 1 heterocycles. The largest absolute Gasteiger partial charge is 0.486 e. The minimum absolute atomic E-state index is 0.307. The fourth-order valence-electron chi connectivity index (χ4n) is 1.72. The summed E-state index contributed by atoms with van der Waals surface area (Å²) in [5.41, 5.74) is 1.70. The summed E-state index contributed by atoms with van der Waals surface area (Å²) in [7, 11) is 0.